The van der Waals surface area contributed by atoms with Crippen molar-refractivity contribution in [1.29, 1.82) is 5.26 Å². The molecule has 9 heteroatoms. The van der Waals surface area contributed by atoms with Crippen LogP contribution in [0.1, 0.15) is 43.0 Å². The van der Waals surface area contributed by atoms with E-state index in [0.29, 0.717) is 30.9 Å². The average Bonchev–Trinajstić information content (AvgIpc) is 3.36. The fraction of sp³-hybridized carbons (Fsp3) is 0.700. The van der Waals surface area contributed by atoms with Gasteiger partial charge in [0.15, 0.2) is 9.84 Å². The number of nitriles is 1. The van der Waals surface area contributed by atoms with Gasteiger partial charge in [-0.15, -0.1) is 0 Å². The molecule has 160 valence electrons. The number of hydrogen-bond acceptors (Lipinski definition) is 6. The normalized spacial score (nSPS) is 23.4. The van der Waals surface area contributed by atoms with Crippen LogP contribution in [0.5, 0.6) is 0 Å². The highest BCUT2D eigenvalue weighted by molar-refractivity contribution is 7.91. The highest BCUT2D eigenvalue weighted by Crippen LogP contribution is 2.28. The second-order valence-corrected chi connectivity index (χ2v) is 10.2. The van der Waals surface area contributed by atoms with Crippen LogP contribution in [0.4, 0.5) is 5.82 Å². The molecule has 0 saturated carbocycles. The van der Waals surface area contributed by atoms with E-state index in [1.165, 1.54) is 0 Å². The van der Waals surface area contributed by atoms with Crippen LogP contribution in [0.25, 0.3) is 0 Å². The zero-order valence-corrected chi connectivity index (χ0v) is 18.2. The highest BCUT2D eigenvalue weighted by atomic mass is 32.2. The van der Waals surface area contributed by atoms with Crippen molar-refractivity contribution in [3.05, 3.63) is 16.8 Å². The van der Waals surface area contributed by atoms with E-state index in [0.717, 1.165) is 30.7 Å². The molecule has 2 aliphatic rings. The first-order valence-corrected chi connectivity index (χ1v) is 12.0. The molecule has 0 aromatic carbocycles. The smallest absolute Gasteiger partial charge is 0.239 e. The van der Waals surface area contributed by atoms with E-state index >= 15 is 0 Å². The molecule has 2 aliphatic heterocycles. The summed E-state index contributed by atoms with van der Waals surface area (Å²) in [4.78, 5) is 14.7. The number of rotatable bonds is 7. The van der Waals surface area contributed by atoms with Gasteiger partial charge < -0.3 is 14.6 Å². The molecule has 3 rings (SSSR count). The third-order valence-corrected chi connectivity index (χ3v) is 7.84. The molecule has 2 atom stereocenters. The predicted octanol–water partition coefficient (Wildman–Crippen LogP) is 1.60. The number of carbonyl (C=O) groups excluding carboxylic acids is 1. The summed E-state index contributed by atoms with van der Waals surface area (Å²) in [5.41, 5.74) is 2.27. The Morgan fingerprint density at radius 3 is 2.69 bits per heavy atom. The van der Waals surface area contributed by atoms with E-state index in [1.807, 2.05) is 30.2 Å². The van der Waals surface area contributed by atoms with Crippen LogP contribution in [0.3, 0.4) is 0 Å². The molecule has 0 spiro atoms. The second-order valence-electron chi connectivity index (χ2n) is 7.96. The molecule has 0 bridgehead atoms. The number of aromatic nitrogens is 1. The van der Waals surface area contributed by atoms with Crippen LogP contribution >= 0.6 is 0 Å². The fourth-order valence-electron chi connectivity index (χ4n) is 4.27. The number of sulfone groups is 1. The van der Waals surface area contributed by atoms with E-state index in [4.69, 9.17) is 4.74 Å². The van der Waals surface area contributed by atoms with E-state index in [2.05, 4.69) is 11.4 Å². The Morgan fingerprint density at radius 1 is 1.38 bits per heavy atom. The van der Waals surface area contributed by atoms with Crippen LogP contribution in [0, 0.1) is 25.2 Å². The molecule has 3 heterocycles. The Hall–Kier alpha value is -1.89. The van der Waals surface area contributed by atoms with Crippen molar-refractivity contribution in [2.24, 2.45) is 0 Å². The Balaban J connectivity index is 1.76. The Morgan fingerprint density at radius 2 is 2.14 bits per heavy atom. The van der Waals surface area contributed by atoms with Gasteiger partial charge in [-0.1, -0.05) is 6.92 Å². The molecular formula is C20H30N4O4S. The summed E-state index contributed by atoms with van der Waals surface area (Å²) in [5.74, 6) is 0.555. The van der Waals surface area contributed by atoms with Crippen LogP contribution in [0.15, 0.2) is 0 Å². The first-order chi connectivity index (χ1) is 13.8. The van der Waals surface area contributed by atoms with Crippen LogP contribution in [-0.2, 0) is 25.9 Å². The molecule has 0 aliphatic carbocycles. The van der Waals surface area contributed by atoms with Crippen molar-refractivity contribution in [2.75, 3.05) is 36.5 Å². The fourth-order valence-corrected chi connectivity index (χ4v) is 6.03. The van der Waals surface area contributed by atoms with Crippen LogP contribution in [0.2, 0.25) is 0 Å². The van der Waals surface area contributed by atoms with Gasteiger partial charge in [0.25, 0.3) is 0 Å². The summed E-state index contributed by atoms with van der Waals surface area (Å²) >= 11 is 0. The predicted molar refractivity (Wildman–Crippen MR) is 111 cm³/mol. The SMILES string of the molecule is CCN(CC(=O)Nc1c(C#N)c(C)c(C)n1C[C@@H]1CCCO1)[C@@H]1CCS(=O)(=O)C1. The third-order valence-electron chi connectivity index (χ3n) is 6.09. The number of nitrogens with one attached hydrogen (secondary N) is 1. The van der Waals surface area contributed by atoms with Gasteiger partial charge in [-0.2, -0.15) is 5.26 Å². The van der Waals surface area contributed by atoms with Gasteiger partial charge in [-0.05, 0) is 45.2 Å². The Labute approximate surface area is 172 Å². The van der Waals surface area contributed by atoms with Crippen molar-refractivity contribution in [1.82, 2.24) is 9.47 Å². The third kappa shape index (κ3) is 4.82. The number of carbonyl (C=O) groups is 1. The summed E-state index contributed by atoms with van der Waals surface area (Å²) in [5, 5.41) is 12.6. The highest BCUT2D eigenvalue weighted by Gasteiger charge is 2.33. The maximum atomic E-state index is 12.8. The molecule has 29 heavy (non-hydrogen) atoms. The molecule has 0 radical (unpaired) electrons. The molecule has 0 unspecified atom stereocenters. The van der Waals surface area contributed by atoms with Crippen LogP contribution < -0.4 is 5.32 Å². The Bertz CT molecular complexity index is 910. The van der Waals surface area contributed by atoms with Crippen molar-refractivity contribution in [2.45, 2.75) is 58.7 Å². The summed E-state index contributed by atoms with van der Waals surface area (Å²) in [6, 6.07) is 2.09. The lowest BCUT2D eigenvalue weighted by molar-refractivity contribution is -0.117. The maximum Gasteiger partial charge on any atom is 0.239 e. The molecule has 2 saturated heterocycles. The van der Waals surface area contributed by atoms with Gasteiger partial charge in [0.1, 0.15) is 11.9 Å². The first kappa shape index (κ1) is 21.8. The topological polar surface area (TPSA) is 104 Å². The molecule has 1 aromatic rings. The second kappa shape index (κ2) is 8.86. The molecule has 8 nitrogen and oxygen atoms in total. The quantitative estimate of drug-likeness (QED) is 0.716. The lowest BCUT2D eigenvalue weighted by Gasteiger charge is -2.26. The lowest BCUT2D eigenvalue weighted by Crippen LogP contribution is -2.41. The zero-order valence-electron chi connectivity index (χ0n) is 17.4. The van der Waals surface area contributed by atoms with Crippen molar-refractivity contribution in [3.63, 3.8) is 0 Å². The summed E-state index contributed by atoms with van der Waals surface area (Å²) in [6.45, 7) is 7.79. The minimum absolute atomic E-state index is 0.0820. The monoisotopic (exact) mass is 422 g/mol. The molecular weight excluding hydrogens is 392 g/mol. The Kier molecular flexibility index (Phi) is 6.66. The van der Waals surface area contributed by atoms with E-state index in [1.54, 1.807) is 0 Å². The van der Waals surface area contributed by atoms with Gasteiger partial charge in [0.05, 0.1) is 36.3 Å². The van der Waals surface area contributed by atoms with Gasteiger partial charge in [0, 0.05) is 18.3 Å². The summed E-state index contributed by atoms with van der Waals surface area (Å²) in [7, 11) is -3.01. The largest absolute Gasteiger partial charge is 0.376 e. The van der Waals surface area contributed by atoms with E-state index in [9.17, 15) is 18.5 Å². The number of nitrogens with zero attached hydrogens (tertiary/aromatic N) is 3. The van der Waals surface area contributed by atoms with Gasteiger partial charge in [-0.25, -0.2) is 8.42 Å². The summed E-state index contributed by atoms with van der Waals surface area (Å²) < 4.78 is 31.3. The zero-order chi connectivity index (χ0) is 21.2. The summed E-state index contributed by atoms with van der Waals surface area (Å²) in [6.07, 6.45) is 2.62. The number of anilines is 1. The minimum atomic E-state index is -3.01. The number of hydrogen-bond donors (Lipinski definition) is 1. The molecule has 1 N–H and O–H groups in total. The van der Waals surface area contributed by atoms with E-state index in [-0.39, 0.29) is 36.1 Å². The number of likely N-dealkylation sites (N-methyl/N-ethyl adjacent to an activating group) is 1. The number of amides is 1. The number of ether oxygens (including phenoxy) is 1. The first-order valence-electron chi connectivity index (χ1n) is 10.2. The minimum Gasteiger partial charge on any atom is -0.376 e. The molecule has 2 fully saturated rings. The van der Waals surface area contributed by atoms with Gasteiger partial charge >= 0.3 is 0 Å². The van der Waals surface area contributed by atoms with Gasteiger partial charge in [-0.3, -0.25) is 9.69 Å². The maximum absolute atomic E-state index is 12.8. The van der Waals surface area contributed by atoms with Crippen molar-refractivity contribution < 1.29 is 17.9 Å². The van der Waals surface area contributed by atoms with Crippen LogP contribution in [-0.4, -0.2) is 67.1 Å². The lowest BCUT2D eigenvalue weighted by atomic mass is 10.2. The standard InChI is InChI=1S/C20H30N4O4S/c1-4-23(16-7-9-29(26,27)13-16)12-19(25)22-20-18(10-21)14(2)15(3)24(20)11-17-6-5-8-28-17/h16-17H,4-9,11-13H2,1-3H3,(H,22,25)/t16-,17+/m1/s1. The van der Waals surface area contributed by atoms with Gasteiger partial charge in [0.2, 0.25) is 5.91 Å². The molecule has 1 aromatic heterocycles. The van der Waals surface area contributed by atoms with E-state index < -0.39 is 9.84 Å². The average molecular weight is 423 g/mol. The van der Waals surface area contributed by atoms with Crippen molar-refractivity contribution >= 4 is 21.6 Å². The molecule has 1 amide bonds. The van der Waals surface area contributed by atoms with Crippen molar-refractivity contribution in [3.8, 4) is 6.07 Å².